The Balaban J connectivity index is 2.45. The molecule has 1 atom stereocenters. The van der Waals surface area contributed by atoms with Gasteiger partial charge in [0.25, 0.3) is 0 Å². The van der Waals surface area contributed by atoms with E-state index in [1.165, 1.54) is 6.33 Å². The van der Waals surface area contributed by atoms with Gasteiger partial charge in [-0.05, 0) is 12.3 Å². The maximum absolute atomic E-state index is 11.6. The fourth-order valence-electron chi connectivity index (χ4n) is 1.53. The zero-order chi connectivity index (χ0) is 14.4. The average Bonchev–Trinajstić information content (AvgIpc) is 2.70. The summed E-state index contributed by atoms with van der Waals surface area (Å²) in [6.45, 7) is 3.99. The molecule has 0 aliphatic carbocycles. The van der Waals surface area contributed by atoms with Gasteiger partial charge in [0.1, 0.15) is 12.4 Å². The molecule has 1 heterocycles. The number of carboxylic acid groups (broad SMARTS) is 1. The predicted molar refractivity (Wildman–Crippen MR) is 67.3 cm³/mol. The molecule has 0 saturated heterocycles. The summed E-state index contributed by atoms with van der Waals surface area (Å²) >= 11 is 0. The van der Waals surface area contributed by atoms with Gasteiger partial charge in [-0.2, -0.15) is 0 Å². The highest BCUT2D eigenvalue weighted by atomic mass is 16.4. The number of hydrogen-bond acceptors (Lipinski definition) is 4. The van der Waals surface area contributed by atoms with E-state index in [0.717, 1.165) is 0 Å². The van der Waals surface area contributed by atoms with Crippen LogP contribution < -0.4 is 10.6 Å². The summed E-state index contributed by atoms with van der Waals surface area (Å²) in [5, 5.41) is 21.4. The SMILES string of the molecule is CC(C)C[C@@H](NC(=O)NCc1nncn1C)C(=O)O. The van der Waals surface area contributed by atoms with Crippen LogP contribution in [0.15, 0.2) is 6.33 Å². The Morgan fingerprint density at radius 3 is 2.63 bits per heavy atom. The van der Waals surface area contributed by atoms with E-state index in [4.69, 9.17) is 5.11 Å². The largest absolute Gasteiger partial charge is 0.480 e. The molecular formula is C11H19N5O3. The number of carbonyl (C=O) groups excluding carboxylic acids is 1. The first-order valence-corrected chi connectivity index (χ1v) is 6.00. The second-order valence-corrected chi connectivity index (χ2v) is 4.71. The number of amides is 2. The van der Waals surface area contributed by atoms with Crippen molar-refractivity contribution in [2.45, 2.75) is 32.9 Å². The zero-order valence-corrected chi connectivity index (χ0v) is 11.3. The van der Waals surface area contributed by atoms with E-state index in [-0.39, 0.29) is 12.5 Å². The van der Waals surface area contributed by atoms with Gasteiger partial charge in [0.05, 0.1) is 6.54 Å². The van der Waals surface area contributed by atoms with Gasteiger partial charge in [0, 0.05) is 7.05 Å². The molecule has 2 amide bonds. The summed E-state index contributed by atoms with van der Waals surface area (Å²) < 4.78 is 1.67. The van der Waals surface area contributed by atoms with Crippen LogP contribution in [-0.4, -0.2) is 37.9 Å². The van der Waals surface area contributed by atoms with Crippen LogP contribution in [-0.2, 0) is 18.4 Å². The molecule has 0 aliphatic heterocycles. The Morgan fingerprint density at radius 2 is 2.16 bits per heavy atom. The van der Waals surface area contributed by atoms with Gasteiger partial charge < -0.3 is 20.3 Å². The Hall–Kier alpha value is -2.12. The molecule has 0 radical (unpaired) electrons. The van der Waals surface area contributed by atoms with Crippen LogP contribution in [0.3, 0.4) is 0 Å². The molecule has 3 N–H and O–H groups in total. The molecule has 1 rings (SSSR count). The molecule has 1 aromatic heterocycles. The van der Waals surface area contributed by atoms with Crippen molar-refractivity contribution in [2.24, 2.45) is 13.0 Å². The molecule has 0 fully saturated rings. The van der Waals surface area contributed by atoms with Crippen molar-refractivity contribution in [3.8, 4) is 0 Å². The first kappa shape index (κ1) is 14.9. The quantitative estimate of drug-likeness (QED) is 0.679. The number of aryl methyl sites for hydroxylation is 1. The van der Waals surface area contributed by atoms with Crippen molar-refractivity contribution in [1.82, 2.24) is 25.4 Å². The van der Waals surface area contributed by atoms with Gasteiger partial charge in [-0.15, -0.1) is 10.2 Å². The minimum atomic E-state index is -1.04. The van der Waals surface area contributed by atoms with Crippen LogP contribution in [0.4, 0.5) is 4.79 Å². The maximum atomic E-state index is 11.6. The first-order chi connectivity index (χ1) is 8.90. The van der Waals surface area contributed by atoms with Crippen molar-refractivity contribution in [3.63, 3.8) is 0 Å². The number of nitrogens with zero attached hydrogens (tertiary/aromatic N) is 3. The lowest BCUT2D eigenvalue weighted by Crippen LogP contribution is -2.46. The number of nitrogens with one attached hydrogen (secondary N) is 2. The van der Waals surface area contributed by atoms with Crippen LogP contribution >= 0.6 is 0 Å². The van der Waals surface area contributed by atoms with Gasteiger partial charge >= 0.3 is 12.0 Å². The highest BCUT2D eigenvalue weighted by Crippen LogP contribution is 2.04. The zero-order valence-electron chi connectivity index (χ0n) is 11.3. The van der Waals surface area contributed by atoms with E-state index in [0.29, 0.717) is 12.2 Å². The molecule has 1 aromatic rings. The monoisotopic (exact) mass is 269 g/mol. The van der Waals surface area contributed by atoms with Gasteiger partial charge in [0.15, 0.2) is 5.82 Å². The smallest absolute Gasteiger partial charge is 0.326 e. The van der Waals surface area contributed by atoms with Crippen LogP contribution in [0.2, 0.25) is 0 Å². The molecule has 106 valence electrons. The lowest BCUT2D eigenvalue weighted by molar-refractivity contribution is -0.139. The number of hydrogen-bond donors (Lipinski definition) is 3. The third-order valence-electron chi connectivity index (χ3n) is 2.52. The predicted octanol–water partition coefficient (Wildman–Crippen LogP) is 0.114. The normalized spacial score (nSPS) is 12.2. The number of aliphatic carboxylic acids is 1. The summed E-state index contributed by atoms with van der Waals surface area (Å²) in [4.78, 5) is 22.6. The van der Waals surface area contributed by atoms with Gasteiger partial charge in [0.2, 0.25) is 0 Å². The van der Waals surface area contributed by atoms with Gasteiger partial charge in [-0.1, -0.05) is 13.8 Å². The number of aromatic nitrogens is 3. The fourth-order valence-corrected chi connectivity index (χ4v) is 1.53. The van der Waals surface area contributed by atoms with Crippen LogP contribution in [0.5, 0.6) is 0 Å². The molecule has 0 aliphatic rings. The second-order valence-electron chi connectivity index (χ2n) is 4.71. The number of carboxylic acids is 1. The molecule has 8 heteroatoms. The highest BCUT2D eigenvalue weighted by Gasteiger charge is 2.20. The van der Waals surface area contributed by atoms with Crippen molar-refractivity contribution < 1.29 is 14.7 Å². The summed E-state index contributed by atoms with van der Waals surface area (Å²) in [5.41, 5.74) is 0. The van der Waals surface area contributed by atoms with E-state index in [2.05, 4.69) is 20.8 Å². The van der Waals surface area contributed by atoms with E-state index in [1.807, 2.05) is 13.8 Å². The van der Waals surface area contributed by atoms with Crippen molar-refractivity contribution in [3.05, 3.63) is 12.2 Å². The molecule has 0 saturated carbocycles. The minimum absolute atomic E-state index is 0.181. The Labute approximate surface area is 111 Å². The van der Waals surface area contributed by atoms with Crippen LogP contribution in [0.25, 0.3) is 0 Å². The maximum Gasteiger partial charge on any atom is 0.326 e. The number of rotatable bonds is 6. The first-order valence-electron chi connectivity index (χ1n) is 6.00. The summed E-state index contributed by atoms with van der Waals surface area (Å²) in [7, 11) is 1.76. The number of urea groups is 1. The Bertz CT molecular complexity index is 443. The van der Waals surface area contributed by atoms with Crippen LogP contribution in [0, 0.1) is 5.92 Å². The standard InChI is InChI=1S/C11H19N5O3/c1-7(2)4-8(10(17)18)14-11(19)12-5-9-15-13-6-16(9)3/h6-8H,4-5H2,1-3H3,(H,17,18)(H2,12,14,19)/t8-/m1/s1. The van der Waals surface area contributed by atoms with E-state index >= 15 is 0 Å². The molecule has 0 bridgehead atoms. The van der Waals surface area contributed by atoms with Crippen LogP contribution in [0.1, 0.15) is 26.1 Å². The van der Waals surface area contributed by atoms with E-state index < -0.39 is 18.0 Å². The van der Waals surface area contributed by atoms with Crippen molar-refractivity contribution in [1.29, 1.82) is 0 Å². The highest BCUT2D eigenvalue weighted by molar-refractivity contribution is 5.82. The molecule has 19 heavy (non-hydrogen) atoms. The minimum Gasteiger partial charge on any atom is -0.480 e. The second kappa shape index (κ2) is 6.72. The molecule has 8 nitrogen and oxygen atoms in total. The molecule has 0 unspecified atom stereocenters. The Morgan fingerprint density at radius 1 is 1.47 bits per heavy atom. The van der Waals surface area contributed by atoms with E-state index in [1.54, 1.807) is 11.6 Å². The van der Waals surface area contributed by atoms with Crippen molar-refractivity contribution >= 4 is 12.0 Å². The van der Waals surface area contributed by atoms with E-state index in [9.17, 15) is 9.59 Å². The Kier molecular flexibility index (Phi) is 5.28. The summed E-state index contributed by atoms with van der Waals surface area (Å²) in [6, 6.07) is -1.42. The number of carbonyl (C=O) groups is 2. The summed E-state index contributed by atoms with van der Waals surface area (Å²) in [5.74, 6) is -0.270. The lowest BCUT2D eigenvalue weighted by atomic mass is 10.0. The molecule has 0 aromatic carbocycles. The van der Waals surface area contributed by atoms with Gasteiger partial charge in [-0.25, -0.2) is 9.59 Å². The third-order valence-corrected chi connectivity index (χ3v) is 2.52. The average molecular weight is 269 g/mol. The van der Waals surface area contributed by atoms with Gasteiger partial charge in [-0.3, -0.25) is 0 Å². The lowest BCUT2D eigenvalue weighted by Gasteiger charge is -2.16. The fraction of sp³-hybridized carbons (Fsp3) is 0.636. The summed E-state index contributed by atoms with van der Waals surface area (Å²) in [6.07, 6.45) is 1.90. The topological polar surface area (TPSA) is 109 Å². The molecule has 0 spiro atoms. The van der Waals surface area contributed by atoms with Crippen molar-refractivity contribution in [2.75, 3.05) is 0 Å². The molecular weight excluding hydrogens is 250 g/mol. The third kappa shape index (κ3) is 4.94.